The smallest absolute Gasteiger partial charge is 0.319 e. The number of anilines is 1. The number of halogens is 3. The second kappa shape index (κ2) is 10.5. The number of aromatic nitrogens is 4. The van der Waals surface area contributed by atoms with E-state index in [4.69, 9.17) is 0 Å². The van der Waals surface area contributed by atoms with Gasteiger partial charge in [0.15, 0.2) is 0 Å². The van der Waals surface area contributed by atoms with Crippen LogP contribution in [0.15, 0.2) is 67.0 Å². The van der Waals surface area contributed by atoms with Gasteiger partial charge >= 0.3 is 6.18 Å². The molecule has 4 aromatic rings. The van der Waals surface area contributed by atoms with Crippen molar-refractivity contribution in [3.8, 4) is 22.5 Å². The first-order valence-corrected chi connectivity index (χ1v) is 12.1. The predicted octanol–water partition coefficient (Wildman–Crippen LogP) is 3.99. The van der Waals surface area contributed by atoms with Crippen LogP contribution in [-0.2, 0) is 24.1 Å². The van der Waals surface area contributed by atoms with Crippen molar-refractivity contribution in [2.75, 3.05) is 5.32 Å². The number of hydrogen-bond donors (Lipinski definition) is 3. The summed E-state index contributed by atoms with van der Waals surface area (Å²) in [5, 5.41) is 6.72. The van der Waals surface area contributed by atoms with Crippen molar-refractivity contribution in [2.45, 2.75) is 19.1 Å². The predicted molar refractivity (Wildman–Crippen MR) is 131 cm³/mol. The minimum absolute atomic E-state index is 0.0323. The molecule has 1 amide bonds. The fraction of sp³-hybridized carbons (Fsp3) is 0.167. The molecule has 1 unspecified atom stereocenters. The number of benzene rings is 2. The average Bonchev–Trinajstić information content (AvgIpc) is 3.29. The van der Waals surface area contributed by atoms with Crippen LogP contribution in [0.25, 0.3) is 22.5 Å². The molecule has 1 atom stereocenters. The third kappa shape index (κ3) is 6.01. The maximum atomic E-state index is 13.6. The molecule has 0 spiro atoms. The van der Waals surface area contributed by atoms with E-state index in [1.165, 1.54) is 23.1 Å². The van der Waals surface area contributed by atoms with E-state index in [-0.39, 0.29) is 28.3 Å². The van der Waals surface area contributed by atoms with Crippen molar-refractivity contribution in [2.24, 2.45) is 7.05 Å². The fourth-order valence-electron chi connectivity index (χ4n) is 3.63. The van der Waals surface area contributed by atoms with Gasteiger partial charge in [-0.15, -0.1) is 0 Å². The molecule has 9 nitrogen and oxygen atoms in total. The van der Waals surface area contributed by atoms with Crippen LogP contribution in [-0.4, -0.2) is 34.1 Å². The summed E-state index contributed by atoms with van der Waals surface area (Å²) in [6, 6.07) is 12.5. The van der Waals surface area contributed by atoms with E-state index in [1.54, 1.807) is 44.3 Å². The van der Waals surface area contributed by atoms with Gasteiger partial charge in [-0.1, -0.05) is 30.3 Å². The molecule has 0 fully saturated rings. The lowest BCUT2D eigenvalue weighted by atomic mass is 10.0. The van der Waals surface area contributed by atoms with E-state index in [1.807, 2.05) is 0 Å². The zero-order valence-electron chi connectivity index (χ0n) is 19.5. The average molecular weight is 531 g/mol. The molecular weight excluding hydrogens is 509 g/mol. The normalized spacial score (nSPS) is 12.5. The van der Waals surface area contributed by atoms with E-state index >= 15 is 0 Å². The van der Waals surface area contributed by atoms with Crippen molar-refractivity contribution in [1.82, 2.24) is 24.5 Å². The lowest BCUT2D eigenvalue weighted by Crippen LogP contribution is -2.20. The van der Waals surface area contributed by atoms with Gasteiger partial charge in [0, 0.05) is 29.9 Å². The lowest BCUT2D eigenvalue weighted by molar-refractivity contribution is -0.137. The van der Waals surface area contributed by atoms with Crippen LogP contribution in [0.4, 0.5) is 18.9 Å². The maximum absolute atomic E-state index is 13.6. The van der Waals surface area contributed by atoms with Crippen LogP contribution in [0.5, 0.6) is 0 Å². The Morgan fingerprint density at radius 3 is 2.43 bits per heavy atom. The molecule has 0 saturated carbocycles. The Hall–Kier alpha value is -4.10. The number of rotatable bonds is 7. The zero-order chi connectivity index (χ0) is 26.7. The molecule has 2 aromatic carbocycles. The maximum Gasteiger partial charge on any atom is 0.417 e. The summed E-state index contributed by atoms with van der Waals surface area (Å²) in [6.45, 7) is 1.56. The number of thiol groups is 1. The molecule has 2 heterocycles. The van der Waals surface area contributed by atoms with Crippen molar-refractivity contribution in [3.63, 3.8) is 0 Å². The zero-order valence-corrected chi connectivity index (χ0v) is 20.4. The molecule has 13 heteroatoms. The summed E-state index contributed by atoms with van der Waals surface area (Å²) in [6.07, 6.45) is -1.82. The monoisotopic (exact) mass is 530 g/mol. The number of nitrogens with one attached hydrogen (secondary N) is 2. The summed E-state index contributed by atoms with van der Waals surface area (Å²) in [5.41, 5.74) is 0.00149. The molecule has 0 radical (unpaired) electrons. The van der Waals surface area contributed by atoms with Gasteiger partial charge in [-0.05, 0) is 31.2 Å². The van der Waals surface area contributed by atoms with Crippen LogP contribution in [0.3, 0.4) is 0 Å². The number of amides is 1. The lowest BCUT2D eigenvalue weighted by Gasteiger charge is -2.15. The molecule has 0 bridgehead atoms. The first-order valence-electron chi connectivity index (χ1n) is 10.9. The van der Waals surface area contributed by atoms with Gasteiger partial charge < -0.3 is 5.32 Å². The van der Waals surface area contributed by atoms with Gasteiger partial charge in [0.25, 0.3) is 5.91 Å². The Labute approximate surface area is 211 Å². The van der Waals surface area contributed by atoms with Crippen molar-refractivity contribution < 1.29 is 26.4 Å². The van der Waals surface area contributed by atoms with Gasteiger partial charge in [-0.3, -0.25) is 9.48 Å². The minimum Gasteiger partial charge on any atom is -0.319 e. The molecule has 0 saturated heterocycles. The fourth-order valence-corrected chi connectivity index (χ4v) is 4.06. The highest BCUT2D eigenvalue weighted by Crippen LogP contribution is 2.37. The molecule has 4 rings (SSSR count). The van der Waals surface area contributed by atoms with Gasteiger partial charge in [-0.25, -0.2) is 23.1 Å². The van der Waals surface area contributed by atoms with E-state index in [0.717, 1.165) is 18.2 Å². The van der Waals surface area contributed by atoms with Crippen LogP contribution >= 0.6 is 0 Å². The van der Waals surface area contributed by atoms with Gasteiger partial charge in [0.1, 0.15) is 5.82 Å². The second-order valence-corrected chi connectivity index (χ2v) is 8.82. The van der Waals surface area contributed by atoms with E-state index < -0.39 is 34.6 Å². The second-order valence-electron chi connectivity index (χ2n) is 8.05. The largest absolute Gasteiger partial charge is 0.417 e. The summed E-state index contributed by atoms with van der Waals surface area (Å²) in [7, 11) is -1.32. The highest BCUT2D eigenvalue weighted by atomic mass is 32.2. The molecule has 192 valence electrons. The van der Waals surface area contributed by atoms with Crippen LogP contribution in [0.1, 0.15) is 34.7 Å². The van der Waals surface area contributed by atoms with Gasteiger partial charge in [-0.2, -0.15) is 18.3 Å². The van der Waals surface area contributed by atoms with E-state index in [2.05, 4.69) is 25.1 Å². The molecule has 2 aromatic heterocycles. The molecule has 0 aliphatic carbocycles. The summed E-state index contributed by atoms with van der Waals surface area (Å²) in [5.74, 6) is -0.517. The topological polar surface area (TPSA) is 119 Å². The molecule has 0 aliphatic rings. The Bertz CT molecular complexity index is 1510. The van der Waals surface area contributed by atoms with Crippen molar-refractivity contribution in [3.05, 3.63) is 83.9 Å². The molecular formula is C24H21F3N6O3S. The third-order valence-corrected chi connectivity index (χ3v) is 5.96. The number of carbonyl (C=O) groups excluding carboxylic acids is 1. The minimum atomic E-state index is -4.65. The number of hydrogen-bond acceptors (Lipinski definition) is 6. The highest BCUT2D eigenvalue weighted by Gasteiger charge is 2.34. The Kier molecular flexibility index (Phi) is 7.36. The SMILES string of the molecule is CC(N[SH](=O)=O)c1ncc(NC(=O)c2ccc(C(F)(F)F)c(-c3ccn(C)n3)c2)c(-c2ccccc2)n1. The number of alkyl halides is 3. The quantitative estimate of drug-likeness (QED) is 0.311. The molecule has 37 heavy (non-hydrogen) atoms. The summed E-state index contributed by atoms with van der Waals surface area (Å²) >= 11 is 0. The van der Waals surface area contributed by atoms with Gasteiger partial charge in [0.05, 0.1) is 34.9 Å². The van der Waals surface area contributed by atoms with Crippen LogP contribution in [0, 0.1) is 0 Å². The van der Waals surface area contributed by atoms with Crippen LogP contribution < -0.4 is 10.0 Å². The third-order valence-electron chi connectivity index (χ3n) is 5.37. The van der Waals surface area contributed by atoms with E-state index in [9.17, 15) is 26.4 Å². The van der Waals surface area contributed by atoms with Crippen LogP contribution in [0.2, 0.25) is 0 Å². The molecule has 2 N–H and O–H groups in total. The number of aryl methyl sites for hydroxylation is 1. The summed E-state index contributed by atoms with van der Waals surface area (Å²) in [4.78, 5) is 21.7. The first kappa shape index (κ1) is 26.0. The Morgan fingerprint density at radius 1 is 1.08 bits per heavy atom. The number of nitrogens with zero attached hydrogens (tertiary/aromatic N) is 4. The molecule has 0 aliphatic heterocycles. The Balaban J connectivity index is 1.73. The van der Waals surface area contributed by atoms with E-state index in [0.29, 0.717) is 11.3 Å². The Morgan fingerprint density at radius 2 is 1.81 bits per heavy atom. The van der Waals surface area contributed by atoms with Gasteiger partial charge in [0.2, 0.25) is 10.9 Å². The van der Waals surface area contributed by atoms with Crippen molar-refractivity contribution >= 4 is 22.5 Å². The van der Waals surface area contributed by atoms with Crippen molar-refractivity contribution in [1.29, 1.82) is 0 Å². The first-order chi connectivity index (χ1) is 17.5. The number of carbonyl (C=O) groups is 1. The summed E-state index contributed by atoms with van der Waals surface area (Å²) < 4.78 is 66.7. The standard InChI is InChI=1S/C24H21F3N6O3S/c1-14(32-37(35)36)22-28-13-20(21(30-22)15-6-4-3-5-7-15)29-23(34)16-8-9-18(24(25,26)27)17(12-16)19-10-11-33(2)31-19/h3-14,37H,1-2H3,(H,29,34)(H,32,35,36). The highest BCUT2D eigenvalue weighted by molar-refractivity contribution is 7.70.